The lowest BCUT2D eigenvalue weighted by molar-refractivity contribution is 0.0841. The van der Waals surface area contributed by atoms with Gasteiger partial charge in [0.1, 0.15) is 11.5 Å². The SMILES string of the molecule is CCn1nc(C(=O)NNC(=O)c2cc3cc(F)ccc3[nH]2)c2ccccc2c1=O. The number of hydrazine groups is 1. The molecule has 29 heavy (non-hydrogen) atoms. The third-order valence-corrected chi connectivity index (χ3v) is 4.50. The van der Waals surface area contributed by atoms with Gasteiger partial charge in [-0.15, -0.1) is 0 Å². The van der Waals surface area contributed by atoms with Crippen LogP contribution in [0, 0.1) is 5.82 Å². The highest BCUT2D eigenvalue weighted by Crippen LogP contribution is 2.17. The maximum absolute atomic E-state index is 13.3. The summed E-state index contributed by atoms with van der Waals surface area (Å²) in [5.74, 6) is -1.69. The van der Waals surface area contributed by atoms with Crippen molar-refractivity contribution >= 4 is 33.5 Å². The summed E-state index contributed by atoms with van der Waals surface area (Å²) in [6.07, 6.45) is 0. The Balaban J connectivity index is 1.58. The van der Waals surface area contributed by atoms with E-state index in [4.69, 9.17) is 0 Å². The second kappa shape index (κ2) is 7.19. The van der Waals surface area contributed by atoms with Crippen molar-refractivity contribution < 1.29 is 14.0 Å². The predicted octanol–water partition coefficient (Wildman–Crippen LogP) is 2.11. The van der Waals surface area contributed by atoms with E-state index >= 15 is 0 Å². The Hall–Kier alpha value is -4.01. The summed E-state index contributed by atoms with van der Waals surface area (Å²) in [4.78, 5) is 40.2. The molecule has 2 aromatic heterocycles. The van der Waals surface area contributed by atoms with Crippen LogP contribution < -0.4 is 16.4 Å². The number of H-pyrrole nitrogens is 1. The van der Waals surface area contributed by atoms with Gasteiger partial charge < -0.3 is 4.98 Å². The van der Waals surface area contributed by atoms with Crippen LogP contribution in [0.5, 0.6) is 0 Å². The molecule has 0 aliphatic carbocycles. The maximum atomic E-state index is 13.3. The minimum Gasteiger partial charge on any atom is -0.350 e. The average Bonchev–Trinajstić information content (AvgIpc) is 3.15. The average molecular weight is 393 g/mol. The van der Waals surface area contributed by atoms with Crippen molar-refractivity contribution in [2.24, 2.45) is 0 Å². The number of hydrogen-bond donors (Lipinski definition) is 3. The molecule has 3 N–H and O–H groups in total. The maximum Gasteiger partial charge on any atom is 0.290 e. The number of aryl methyl sites for hydroxylation is 1. The quantitative estimate of drug-likeness (QED) is 0.463. The molecule has 0 saturated heterocycles. The van der Waals surface area contributed by atoms with Crippen molar-refractivity contribution in [3.8, 4) is 0 Å². The summed E-state index contributed by atoms with van der Waals surface area (Å²) in [7, 11) is 0. The first kappa shape index (κ1) is 18.4. The number of benzene rings is 2. The van der Waals surface area contributed by atoms with Gasteiger partial charge in [-0.2, -0.15) is 5.10 Å². The van der Waals surface area contributed by atoms with E-state index in [2.05, 4.69) is 20.9 Å². The zero-order valence-electron chi connectivity index (χ0n) is 15.3. The van der Waals surface area contributed by atoms with Crippen LogP contribution in [0.4, 0.5) is 4.39 Å². The van der Waals surface area contributed by atoms with Gasteiger partial charge in [0.25, 0.3) is 17.4 Å². The highest BCUT2D eigenvalue weighted by molar-refractivity contribution is 6.06. The number of nitrogens with zero attached hydrogens (tertiary/aromatic N) is 2. The van der Waals surface area contributed by atoms with Crippen LogP contribution in [0.1, 0.15) is 27.9 Å². The molecule has 0 aliphatic heterocycles. The first-order valence-corrected chi connectivity index (χ1v) is 8.86. The second-order valence-electron chi connectivity index (χ2n) is 6.34. The summed E-state index contributed by atoms with van der Waals surface area (Å²) < 4.78 is 14.5. The normalized spacial score (nSPS) is 11.0. The summed E-state index contributed by atoms with van der Waals surface area (Å²) in [6.45, 7) is 2.04. The van der Waals surface area contributed by atoms with E-state index in [9.17, 15) is 18.8 Å². The van der Waals surface area contributed by atoms with E-state index < -0.39 is 17.6 Å². The van der Waals surface area contributed by atoms with Crippen molar-refractivity contribution in [3.05, 3.63) is 76.1 Å². The van der Waals surface area contributed by atoms with Gasteiger partial charge in [0.15, 0.2) is 5.69 Å². The number of fused-ring (bicyclic) bond motifs is 2. The van der Waals surface area contributed by atoms with E-state index in [1.165, 1.54) is 28.9 Å². The number of aromatic nitrogens is 3. The van der Waals surface area contributed by atoms with Crippen LogP contribution in [0.15, 0.2) is 53.3 Å². The fourth-order valence-corrected chi connectivity index (χ4v) is 3.08. The molecular weight excluding hydrogens is 377 g/mol. The molecule has 4 rings (SSSR count). The summed E-state index contributed by atoms with van der Waals surface area (Å²) in [6, 6.07) is 12.2. The number of hydrogen-bond acceptors (Lipinski definition) is 4. The molecule has 0 bridgehead atoms. The van der Waals surface area contributed by atoms with Crippen molar-refractivity contribution in [1.29, 1.82) is 0 Å². The van der Waals surface area contributed by atoms with E-state index in [0.29, 0.717) is 28.2 Å². The summed E-state index contributed by atoms with van der Waals surface area (Å²) >= 11 is 0. The van der Waals surface area contributed by atoms with E-state index in [-0.39, 0.29) is 16.9 Å². The number of carbonyl (C=O) groups excluding carboxylic acids is 2. The van der Waals surface area contributed by atoms with Crippen molar-refractivity contribution in [2.75, 3.05) is 0 Å². The molecule has 0 fully saturated rings. The Kier molecular flexibility index (Phi) is 4.55. The number of aromatic amines is 1. The third kappa shape index (κ3) is 3.33. The highest BCUT2D eigenvalue weighted by Gasteiger charge is 2.17. The van der Waals surface area contributed by atoms with Gasteiger partial charge in [-0.3, -0.25) is 25.2 Å². The minimum atomic E-state index is -0.668. The molecule has 2 aromatic carbocycles. The van der Waals surface area contributed by atoms with Gasteiger partial charge >= 0.3 is 0 Å². The van der Waals surface area contributed by atoms with Crippen molar-refractivity contribution in [2.45, 2.75) is 13.5 Å². The lowest BCUT2D eigenvalue weighted by Gasteiger charge is -2.10. The fourth-order valence-electron chi connectivity index (χ4n) is 3.08. The number of nitrogens with one attached hydrogen (secondary N) is 3. The van der Waals surface area contributed by atoms with Gasteiger partial charge in [-0.05, 0) is 37.3 Å². The molecule has 0 spiro atoms. The molecule has 0 saturated carbocycles. The van der Waals surface area contributed by atoms with E-state index in [0.717, 1.165) is 0 Å². The fraction of sp³-hybridized carbons (Fsp3) is 0.100. The van der Waals surface area contributed by atoms with Gasteiger partial charge in [-0.1, -0.05) is 18.2 Å². The van der Waals surface area contributed by atoms with Crippen LogP contribution >= 0.6 is 0 Å². The van der Waals surface area contributed by atoms with Crippen LogP contribution in [0.2, 0.25) is 0 Å². The topological polar surface area (TPSA) is 109 Å². The second-order valence-corrected chi connectivity index (χ2v) is 6.34. The smallest absolute Gasteiger partial charge is 0.290 e. The molecule has 0 aliphatic rings. The number of halogens is 1. The van der Waals surface area contributed by atoms with E-state index in [1.54, 1.807) is 31.2 Å². The molecule has 146 valence electrons. The summed E-state index contributed by atoms with van der Waals surface area (Å²) in [5, 5.41) is 5.38. The van der Waals surface area contributed by atoms with Crippen LogP contribution in [0.3, 0.4) is 0 Å². The Morgan fingerprint density at radius 2 is 1.79 bits per heavy atom. The van der Waals surface area contributed by atoms with Gasteiger partial charge in [0.2, 0.25) is 0 Å². The van der Waals surface area contributed by atoms with E-state index in [1.807, 2.05) is 0 Å². The van der Waals surface area contributed by atoms with Crippen LogP contribution in [-0.4, -0.2) is 26.6 Å². The Morgan fingerprint density at radius 1 is 1.07 bits per heavy atom. The third-order valence-electron chi connectivity index (χ3n) is 4.50. The molecule has 2 heterocycles. The molecular formula is C20H16FN5O3. The van der Waals surface area contributed by atoms with Gasteiger partial charge in [0.05, 0.1) is 5.39 Å². The minimum absolute atomic E-state index is 0.0149. The number of amides is 2. The highest BCUT2D eigenvalue weighted by atomic mass is 19.1. The molecule has 9 heteroatoms. The predicted molar refractivity (Wildman–Crippen MR) is 105 cm³/mol. The Morgan fingerprint density at radius 3 is 2.55 bits per heavy atom. The summed E-state index contributed by atoms with van der Waals surface area (Å²) in [5.41, 5.74) is 5.07. The Labute approximate surface area is 163 Å². The first-order chi connectivity index (χ1) is 14.0. The van der Waals surface area contributed by atoms with Crippen LogP contribution in [-0.2, 0) is 6.54 Å². The molecule has 2 amide bonds. The Bertz CT molecular complexity index is 1320. The number of rotatable bonds is 3. The van der Waals surface area contributed by atoms with Crippen molar-refractivity contribution in [1.82, 2.24) is 25.6 Å². The monoisotopic (exact) mass is 393 g/mol. The van der Waals surface area contributed by atoms with Gasteiger partial charge in [-0.25, -0.2) is 9.07 Å². The van der Waals surface area contributed by atoms with Crippen LogP contribution in [0.25, 0.3) is 21.7 Å². The zero-order valence-corrected chi connectivity index (χ0v) is 15.3. The standard InChI is InChI=1S/C20H16FN5O3/c1-2-26-20(29)14-6-4-3-5-13(14)17(25-26)19(28)24-23-18(27)16-10-11-9-12(21)7-8-15(11)22-16/h3-10,22H,2H2,1H3,(H,23,27)(H,24,28). The lowest BCUT2D eigenvalue weighted by Crippen LogP contribution is -2.43. The van der Waals surface area contributed by atoms with Crippen molar-refractivity contribution in [3.63, 3.8) is 0 Å². The zero-order chi connectivity index (χ0) is 20.5. The molecule has 4 aromatic rings. The van der Waals surface area contributed by atoms with Gasteiger partial charge in [0, 0.05) is 22.8 Å². The number of carbonyl (C=O) groups is 2. The molecule has 0 unspecified atom stereocenters. The molecule has 0 atom stereocenters. The largest absolute Gasteiger partial charge is 0.350 e. The lowest BCUT2D eigenvalue weighted by atomic mass is 10.1. The molecule has 8 nitrogen and oxygen atoms in total. The first-order valence-electron chi connectivity index (χ1n) is 8.86. The molecule has 0 radical (unpaired) electrons.